The van der Waals surface area contributed by atoms with Crippen LogP contribution in [0, 0.1) is 18.2 Å². The number of para-hydroxylation sites is 1. The summed E-state index contributed by atoms with van der Waals surface area (Å²) in [6.45, 7) is 6.33. The average molecular weight is 304 g/mol. The zero-order valence-corrected chi connectivity index (χ0v) is 13.3. The third kappa shape index (κ3) is 2.53. The van der Waals surface area contributed by atoms with Crippen LogP contribution in [0.15, 0.2) is 36.4 Å². The van der Waals surface area contributed by atoms with Gasteiger partial charge in [0, 0.05) is 5.02 Å². The molecule has 0 heterocycles. The molecule has 0 radical (unpaired) electrons. The van der Waals surface area contributed by atoms with Crippen molar-refractivity contribution in [3.63, 3.8) is 0 Å². The van der Waals surface area contributed by atoms with Crippen LogP contribution in [0.4, 0.5) is 10.1 Å². The van der Waals surface area contributed by atoms with E-state index >= 15 is 0 Å². The number of anilines is 1. The standard InChI is InChI=1S/C18H19ClFN/c1-11-5-4-6-15(20)16(11)21-17-14-9-13(19)8-7-12(14)10-18(17,2)3/h4-9,17,21H,10H2,1-3H3. The maximum absolute atomic E-state index is 14.1. The second-order valence-electron chi connectivity index (χ2n) is 6.52. The number of halogens is 2. The van der Waals surface area contributed by atoms with Crippen LogP contribution in [0.2, 0.25) is 5.02 Å². The zero-order valence-electron chi connectivity index (χ0n) is 12.5. The molecule has 2 aromatic carbocycles. The topological polar surface area (TPSA) is 12.0 Å². The van der Waals surface area contributed by atoms with Gasteiger partial charge in [0.15, 0.2) is 0 Å². The molecule has 0 spiro atoms. The van der Waals surface area contributed by atoms with Gasteiger partial charge >= 0.3 is 0 Å². The van der Waals surface area contributed by atoms with Gasteiger partial charge in [-0.25, -0.2) is 4.39 Å². The Kier molecular flexibility index (Phi) is 3.45. The second-order valence-corrected chi connectivity index (χ2v) is 6.95. The molecule has 0 bridgehead atoms. The summed E-state index contributed by atoms with van der Waals surface area (Å²) in [4.78, 5) is 0. The summed E-state index contributed by atoms with van der Waals surface area (Å²) in [6.07, 6.45) is 0.963. The fourth-order valence-electron chi connectivity index (χ4n) is 3.24. The van der Waals surface area contributed by atoms with E-state index < -0.39 is 0 Å². The lowest BCUT2D eigenvalue weighted by molar-refractivity contribution is 0.336. The van der Waals surface area contributed by atoms with Crippen LogP contribution >= 0.6 is 11.6 Å². The molecule has 0 aliphatic heterocycles. The van der Waals surface area contributed by atoms with Gasteiger partial charge in [0.25, 0.3) is 0 Å². The summed E-state index contributed by atoms with van der Waals surface area (Å²) in [5, 5.41) is 4.14. The fraction of sp³-hybridized carbons (Fsp3) is 0.333. The molecule has 0 aromatic heterocycles. The number of fused-ring (bicyclic) bond motifs is 1. The minimum absolute atomic E-state index is 0.0156. The summed E-state index contributed by atoms with van der Waals surface area (Å²) in [5.74, 6) is -0.207. The molecule has 0 amide bonds. The Morgan fingerprint density at radius 1 is 1.24 bits per heavy atom. The number of hydrogen-bond acceptors (Lipinski definition) is 1. The Balaban J connectivity index is 2.04. The number of aryl methyl sites for hydroxylation is 1. The molecular weight excluding hydrogens is 285 g/mol. The molecule has 3 rings (SSSR count). The van der Waals surface area contributed by atoms with Crippen LogP contribution in [0.25, 0.3) is 0 Å². The smallest absolute Gasteiger partial charge is 0.146 e. The third-order valence-electron chi connectivity index (χ3n) is 4.36. The minimum atomic E-state index is -0.207. The normalized spacial score (nSPS) is 19.4. The molecule has 1 nitrogen and oxygen atoms in total. The van der Waals surface area contributed by atoms with Gasteiger partial charge in [-0.05, 0) is 53.6 Å². The van der Waals surface area contributed by atoms with E-state index in [1.165, 1.54) is 17.2 Å². The van der Waals surface area contributed by atoms with Crippen molar-refractivity contribution in [2.24, 2.45) is 5.41 Å². The quantitative estimate of drug-likeness (QED) is 0.770. The average Bonchev–Trinajstić information content (AvgIpc) is 2.64. The second kappa shape index (κ2) is 5.03. The van der Waals surface area contributed by atoms with Gasteiger partial charge < -0.3 is 5.32 Å². The van der Waals surface area contributed by atoms with E-state index in [0.29, 0.717) is 5.69 Å². The van der Waals surface area contributed by atoms with Crippen molar-refractivity contribution >= 4 is 17.3 Å². The number of rotatable bonds is 2. The maximum atomic E-state index is 14.1. The predicted molar refractivity (Wildman–Crippen MR) is 86.4 cm³/mol. The lowest BCUT2D eigenvalue weighted by Crippen LogP contribution is -2.25. The van der Waals surface area contributed by atoms with E-state index in [1.54, 1.807) is 6.07 Å². The van der Waals surface area contributed by atoms with Gasteiger partial charge in [0.2, 0.25) is 0 Å². The minimum Gasteiger partial charge on any atom is -0.375 e. The van der Waals surface area contributed by atoms with Crippen molar-refractivity contribution < 1.29 is 4.39 Å². The van der Waals surface area contributed by atoms with Gasteiger partial charge in [-0.3, -0.25) is 0 Å². The summed E-state index contributed by atoms with van der Waals surface area (Å²) < 4.78 is 14.1. The molecule has 1 N–H and O–H groups in total. The Labute approximate surface area is 130 Å². The van der Waals surface area contributed by atoms with Crippen LogP contribution in [0.5, 0.6) is 0 Å². The van der Waals surface area contributed by atoms with Gasteiger partial charge in [-0.15, -0.1) is 0 Å². The van der Waals surface area contributed by atoms with E-state index in [0.717, 1.165) is 17.0 Å². The van der Waals surface area contributed by atoms with Crippen molar-refractivity contribution in [1.82, 2.24) is 0 Å². The molecule has 3 heteroatoms. The molecule has 1 atom stereocenters. The first-order chi connectivity index (χ1) is 9.88. The van der Waals surface area contributed by atoms with Crippen LogP contribution in [-0.4, -0.2) is 0 Å². The first kappa shape index (κ1) is 14.4. The van der Waals surface area contributed by atoms with Crippen molar-refractivity contribution in [2.75, 3.05) is 5.32 Å². The highest BCUT2D eigenvalue weighted by atomic mass is 35.5. The van der Waals surface area contributed by atoms with Gasteiger partial charge in [-0.1, -0.05) is 43.6 Å². The molecule has 1 aliphatic rings. The van der Waals surface area contributed by atoms with E-state index in [-0.39, 0.29) is 17.3 Å². The van der Waals surface area contributed by atoms with Crippen molar-refractivity contribution in [3.8, 4) is 0 Å². The Morgan fingerprint density at radius 2 is 2.00 bits per heavy atom. The van der Waals surface area contributed by atoms with E-state index in [9.17, 15) is 4.39 Å². The summed E-state index contributed by atoms with van der Waals surface area (Å²) in [5.41, 5.74) is 3.98. The van der Waals surface area contributed by atoms with Crippen LogP contribution < -0.4 is 5.32 Å². The van der Waals surface area contributed by atoms with Gasteiger partial charge in [-0.2, -0.15) is 0 Å². The molecular formula is C18H19ClFN. The highest BCUT2D eigenvalue weighted by Gasteiger charge is 2.39. The maximum Gasteiger partial charge on any atom is 0.146 e. The Bertz CT molecular complexity index is 673. The molecule has 110 valence electrons. The first-order valence-corrected chi connectivity index (χ1v) is 7.56. The zero-order chi connectivity index (χ0) is 15.2. The van der Waals surface area contributed by atoms with Crippen LogP contribution in [-0.2, 0) is 6.42 Å². The lowest BCUT2D eigenvalue weighted by atomic mass is 9.85. The van der Waals surface area contributed by atoms with Gasteiger partial charge in [0.1, 0.15) is 5.82 Å². The number of benzene rings is 2. The molecule has 0 saturated carbocycles. The number of nitrogens with one attached hydrogen (secondary N) is 1. The highest BCUT2D eigenvalue weighted by molar-refractivity contribution is 6.30. The first-order valence-electron chi connectivity index (χ1n) is 7.18. The third-order valence-corrected chi connectivity index (χ3v) is 4.59. The fourth-order valence-corrected chi connectivity index (χ4v) is 3.42. The summed E-state index contributed by atoms with van der Waals surface area (Å²) in [7, 11) is 0. The molecule has 1 aliphatic carbocycles. The van der Waals surface area contributed by atoms with Crippen LogP contribution in [0.3, 0.4) is 0 Å². The Hall–Kier alpha value is -1.54. The van der Waals surface area contributed by atoms with Crippen LogP contribution in [0.1, 0.15) is 36.6 Å². The highest BCUT2D eigenvalue weighted by Crippen LogP contribution is 2.48. The Morgan fingerprint density at radius 3 is 2.71 bits per heavy atom. The monoisotopic (exact) mass is 303 g/mol. The van der Waals surface area contributed by atoms with Crippen molar-refractivity contribution in [2.45, 2.75) is 33.2 Å². The number of hydrogen-bond donors (Lipinski definition) is 1. The predicted octanol–water partition coefficient (Wildman–Crippen LogP) is 5.52. The lowest BCUT2D eigenvalue weighted by Gasteiger charge is -2.30. The summed E-state index contributed by atoms with van der Waals surface area (Å²) >= 11 is 6.15. The molecule has 2 aromatic rings. The largest absolute Gasteiger partial charge is 0.375 e. The molecule has 21 heavy (non-hydrogen) atoms. The van der Waals surface area contributed by atoms with E-state index in [4.69, 9.17) is 11.6 Å². The van der Waals surface area contributed by atoms with Gasteiger partial charge in [0.05, 0.1) is 11.7 Å². The SMILES string of the molecule is Cc1cccc(F)c1NC1c2cc(Cl)ccc2CC1(C)C. The van der Waals surface area contributed by atoms with Crippen molar-refractivity contribution in [3.05, 3.63) is 63.9 Å². The van der Waals surface area contributed by atoms with E-state index in [1.807, 2.05) is 25.1 Å². The molecule has 0 saturated heterocycles. The molecule has 0 fully saturated rings. The van der Waals surface area contributed by atoms with Crippen molar-refractivity contribution in [1.29, 1.82) is 0 Å². The molecule has 1 unspecified atom stereocenters. The van der Waals surface area contributed by atoms with E-state index in [2.05, 4.69) is 25.2 Å². The summed E-state index contributed by atoms with van der Waals surface area (Å²) in [6, 6.07) is 11.2.